The topological polar surface area (TPSA) is 94.3 Å². The summed E-state index contributed by atoms with van der Waals surface area (Å²) in [5.74, 6) is 0.468. The van der Waals surface area contributed by atoms with Crippen LogP contribution in [0.5, 0.6) is 5.75 Å². The van der Waals surface area contributed by atoms with Crippen LogP contribution in [-0.4, -0.2) is 60.2 Å². The van der Waals surface area contributed by atoms with Gasteiger partial charge in [-0.3, -0.25) is 15.0 Å². The minimum Gasteiger partial charge on any atom is -0.491 e. The molecule has 1 unspecified atom stereocenters. The summed E-state index contributed by atoms with van der Waals surface area (Å²) in [7, 11) is 0. The van der Waals surface area contributed by atoms with Crippen LogP contribution >= 0.6 is 0 Å². The van der Waals surface area contributed by atoms with Crippen LogP contribution in [0.25, 0.3) is 0 Å². The van der Waals surface area contributed by atoms with E-state index in [1.807, 2.05) is 44.2 Å². The minimum absolute atomic E-state index is 0.00479. The van der Waals surface area contributed by atoms with Gasteiger partial charge in [0.1, 0.15) is 18.5 Å². The minimum atomic E-state index is -0.757. The molecule has 0 aliphatic rings. The first-order valence-electron chi connectivity index (χ1n) is 10.1. The Kier molecular flexibility index (Phi) is 10.2. The molecule has 8 heteroatoms. The molecule has 0 aromatic heterocycles. The van der Waals surface area contributed by atoms with Gasteiger partial charge in [0, 0.05) is 45.0 Å². The number of hydrogen-bond donors (Lipinski definition) is 1. The molecule has 1 N–H and O–H groups in total. The predicted octanol–water partition coefficient (Wildman–Crippen LogP) is 3.24. The lowest BCUT2D eigenvalue weighted by molar-refractivity contribution is -0.384. The van der Waals surface area contributed by atoms with E-state index in [0.29, 0.717) is 38.6 Å². The smallest absolute Gasteiger partial charge is 0.269 e. The molecule has 2 aromatic carbocycles. The molecular formula is C22H30N2O6. The molecule has 0 aliphatic heterocycles. The molecule has 0 saturated heterocycles. The summed E-state index contributed by atoms with van der Waals surface area (Å²) in [5.41, 5.74) is 1.11. The number of benzene rings is 2. The van der Waals surface area contributed by atoms with Crippen LogP contribution in [0.4, 0.5) is 5.69 Å². The maximum absolute atomic E-state index is 10.7. The number of nitrogens with zero attached hydrogens (tertiary/aromatic N) is 2. The predicted molar refractivity (Wildman–Crippen MR) is 113 cm³/mol. The maximum atomic E-state index is 10.7. The molecule has 2 rings (SSSR count). The second kappa shape index (κ2) is 12.9. The first-order chi connectivity index (χ1) is 14.5. The first-order valence-corrected chi connectivity index (χ1v) is 10.1. The highest BCUT2D eigenvalue weighted by Gasteiger charge is 2.19. The van der Waals surface area contributed by atoms with Crippen molar-refractivity contribution in [3.05, 3.63) is 70.3 Å². The van der Waals surface area contributed by atoms with Crippen LogP contribution in [0.2, 0.25) is 0 Å². The zero-order valence-electron chi connectivity index (χ0n) is 17.5. The van der Waals surface area contributed by atoms with Gasteiger partial charge >= 0.3 is 0 Å². The molecule has 30 heavy (non-hydrogen) atoms. The average molecular weight is 418 g/mol. The van der Waals surface area contributed by atoms with Crippen molar-refractivity contribution in [1.82, 2.24) is 4.90 Å². The van der Waals surface area contributed by atoms with Crippen LogP contribution in [0.15, 0.2) is 54.6 Å². The third-order valence-electron chi connectivity index (χ3n) is 4.32. The lowest BCUT2D eigenvalue weighted by Gasteiger charge is -2.29. The largest absolute Gasteiger partial charge is 0.491 e. The summed E-state index contributed by atoms with van der Waals surface area (Å²) in [6, 6.07) is 15.8. The Morgan fingerprint density at radius 3 is 2.20 bits per heavy atom. The van der Waals surface area contributed by atoms with E-state index in [-0.39, 0.29) is 18.6 Å². The van der Waals surface area contributed by atoms with Gasteiger partial charge in [0.2, 0.25) is 0 Å². The highest BCUT2D eigenvalue weighted by atomic mass is 16.7. The first kappa shape index (κ1) is 23.8. The van der Waals surface area contributed by atoms with Crippen molar-refractivity contribution >= 4 is 5.69 Å². The summed E-state index contributed by atoms with van der Waals surface area (Å²) in [6.07, 6.45) is -1.14. The molecule has 8 nitrogen and oxygen atoms in total. The van der Waals surface area contributed by atoms with E-state index in [4.69, 9.17) is 14.2 Å². The zero-order chi connectivity index (χ0) is 21.8. The molecule has 0 aliphatic carbocycles. The van der Waals surface area contributed by atoms with E-state index in [2.05, 4.69) is 4.90 Å². The van der Waals surface area contributed by atoms with Crippen LogP contribution in [0.1, 0.15) is 19.4 Å². The third kappa shape index (κ3) is 8.46. The number of ether oxygens (including phenoxy) is 3. The number of nitro groups is 1. The van der Waals surface area contributed by atoms with Gasteiger partial charge in [0.15, 0.2) is 6.29 Å². The second-order valence-electron chi connectivity index (χ2n) is 6.74. The highest BCUT2D eigenvalue weighted by molar-refractivity contribution is 5.35. The molecule has 0 heterocycles. The van der Waals surface area contributed by atoms with Gasteiger partial charge in [-0.1, -0.05) is 30.3 Å². The number of hydrogen-bond acceptors (Lipinski definition) is 7. The zero-order valence-corrected chi connectivity index (χ0v) is 17.5. The second-order valence-corrected chi connectivity index (χ2v) is 6.74. The molecule has 2 aromatic rings. The third-order valence-corrected chi connectivity index (χ3v) is 4.32. The lowest BCUT2D eigenvalue weighted by atomic mass is 10.2. The van der Waals surface area contributed by atoms with Crippen LogP contribution in [0, 0.1) is 10.1 Å². The van der Waals surface area contributed by atoms with Gasteiger partial charge in [-0.2, -0.15) is 0 Å². The van der Waals surface area contributed by atoms with E-state index in [0.717, 1.165) is 5.56 Å². The highest BCUT2D eigenvalue weighted by Crippen LogP contribution is 2.17. The van der Waals surface area contributed by atoms with E-state index in [1.54, 1.807) is 0 Å². The fraction of sp³-hybridized carbons (Fsp3) is 0.455. The molecule has 164 valence electrons. The summed E-state index contributed by atoms with van der Waals surface area (Å²) in [5, 5.41) is 21.2. The fourth-order valence-electron chi connectivity index (χ4n) is 2.99. The Morgan fingerprint density at radius 2 is 1.63 bits per heavy atom. The Morgan fingerprint density at radius 1 is 1.00 bits per heavy atom. The van der Waals surface area contributed by atoms with Gasteiger partial charge < -0.3 is 19.3 Å². The number of nitro benzene ring substituents is 1. The van der Waals surface area contributed by atoms with Gasteiger partial charge in [-0.05, 0) is 31.5 Å². The number of aliphatic hydroxyl groups excluding tert-OH is 1. The van der Waals surface area contributed by atoms with E-state index >= 15 is 0 Å². The van der Waals surface area contributed by atoms with Crippen molar-refractivity contribution in [3.8, 4) is 5.75 Å². The molecule has 0 spiro atoms. The van der Waals surface area contributed by atoms with E-state index in [1.165, 1.54) is 24.3 Å². The summed E-state index contributed by atoms with van der Waals surface area (Å²) in [6.45, 7) is 6.47. The summed E-state index contributed by atoms with van der Waals surface area (Å²) >= 11 is 0. The van der Waals surface area contributed by atoms with Crippen molar-refractivity contribution < 1.29 is 24.2 Å². The molecule has 0 saturated carbocycles. The Hall–Kier alpha value is -2.52. The van der Waals surface area contributed by atoms with Gasteiger partial charge in [-0.15, -0.1) is 0 Å². The number of rotatable bonds is 14. The molecule has 0 amide bonds. The van der Waals surface area contributed by atoms with Crippen LogP contribution < -0.4 is 4.74 Å². The SMILES string of the molecule is CCOC(CN(Cc1ccccc1)CC(O)COc1ccc([N+](=O)[O-])cc1)OCC. The van der Waals surface area contributed by atoms with Gasteiger partial charge in [0.05, 0.1) is 4.92 Å². The van der Waals surface area contributed by atoms with Crippen molar-refractivity contribution in [2.24, 2.45) is 0 Å². The van der Waals surface area contributed by atoms with Crippen molar-refractivity contribution in [2.75, 3.05) is 32.9 Å². The van der Waals surface area contributed by atoms with Gasteiger partial charge in [0.25, 0.3) is 5.69 Å². The van der Waals surface area contributed by atoms with Crippen molar-refractivity contribution in [1.29, 1.82) is 0 Å². The molecule has 0 bridgehead atoms. The van der Waals surface area contributed by atoms with Crippen LogP contribution in [-0.2, 0) is 16.0 Å². The quantitative estimate of drug-likeness (QED) is 0.286. The van der Waals surface area contributed by atoms with E-state index < -0.39 is 11.0 Å². The Balaban J connectivity index is 1.95. The van der Waals surface area contributed by atoms with Gasteiger partial charge in [-0.25, -0.2) is 0 Å². The summed E-state index contributed by atoms with van der Waals surface area (Å²) in [4.78, 5) is 12.3. The standard InChI is InChI=1S/C22H30N2O6/c1-3-28-22(29-4-2)16-23(14-18-8-6-5-7-9-18)15-20(25)17-30-21-12-10-19(11-13-21)24(26)27/h5-13,20,22,25H,3-4,14-17H2,1-2H3. The molecule has 0 fully saturated rings. The Labute approximate surface area is 177 Å². The van der Waals surface area contributed by atoms with Crippen molar-refractivity contribution in [3.63, 3.8) is 0 Å². The lowest BCUT2D eigenvalue weighted by Crippen LogP contribution is -2.41. The molecule has 1 atom stereocenters. The number of aliphatic hydroxyl groups is 1. The number of non-ortho nitro benzene ring substituents is 1. The van der Waals surface area contributed by atoms with Crippen molar-refractivity contribution in [2.45, 2.75) is 32.8 Å². The monoisotopic (exact) mass is 418 g/mol. The molecular weight excluding hydrogens is 388 g/mol. The maximum Gasteiger partial charge on any atom is 0.269 e. The van der Waals surface area contributed by atoms with E-state index in [9.17, 15) is 15.2 Å². The van der Waals surface area contributed by atoms with Crippen LogP contribution in [0.3, 0.4) is 0 Å². The normalized spacial score (nSPS) is 12.3. The molecule has 0 radical (unpaired) electrons. The summed E-state index contributed by atoms with van der Waals surface area (Å²) < 4.78 is 16.9. The Bertz CT molecular complexity index is 735. The fourth-order valence-corrected chi connectivity index (χ4v) is 2.99. The average Bonchev–Trinajstić information content (AvgIpc) is 2.73.